The van der Waals surface area contributed by atoms with E-state index in [0.717, 1.165) is 15.4 Å². The molecule has 3 rings (SSSR count). The molecular formula is C22H26N2O5S. The van der Waals surface area contributed by atoms with Gasteiger partial charge in [0, 0.05) is 18.2 Å². The first-order chi connectivity index (χ1) is 14.4. The molecule has 0 saturated heterocycles. The molecule has 7 nitrogen and oxygen atoms in total. The number of hydrogen-bond acceptors (Lipinski definition) is 6. The van der Waals surface area contributed by atoms with Gasteiger partial charge in [0.2, 0.25) is 5.88 Å². The van der Waals surface area contributed by atoms with Gasteiger partial charge in [-0.1, -0.05) is 53.2 Å². The minimum Gasteiger partial charge on any atom is -0.382 e. The van der Waals surface area contributed by atoms with Crippen LogP contribution < -0.4 is 4.31 Å². The van der Waals surface area contributed by atoms with Gasteiger partial charge in [0.1, 0.15) is 6.73 Å². The highest BCUT2D eigenvalue weighted by molar-refractivity contribution is 7.93. The molecule has 0 radical (unpaired) electrons. The molecule has 0 aliphatic carbocycles. The Morgan fingerprint density at radius 2 is 1.70 bits per heavy atom. The Morgan fingerprint density at radius 1 is 1.00 bits per heavy atom. The third kappa shape index (κ3) is 4.56. The number of aromatic nitrogens is 1. The summed E-state index contributed by atoms with van der Waals surface area (Å²) in [6.45, 7) is 5.89. The van der Waals surface area contributed by atoms with Crippen molar-refractivity contribution in [2.45, 2.75) is 25.7 Å². The average Bonchev–Trinajstić information content (AvgIpc) is 3.07. The third-order valence-corrected chi connectivity index (χ3v) is 6.58. The molecular weight excluding hydrogens is 404 g/mol. The van der Waals surface area contributed by atoms with E-state index in [1.165, 1.54) is 0 Å². The molecule has 160 valence electrons. The van der Waals surface area contributed by atoms with Crippen molar-refractivity contribution in [1.29, 1.82) is 0 Å². The molecule has 0 bridgehead atoms. The molecule has 3 aromatic rings. The maximum atomic E-state index is 13.7. The minimum atomic E-state index is -4.01. The van der Waals surface area contributed by atoms with Gasteiger partial charge in [0.25, 0.3) is 10.0 Å². The molecule has 30 heavy (non-hydrogen) atoms. The van der Waals surface area contributed by atoms with Gasteiger partial charge in [-0.3, -0.25) is 0 Å². The van der Waals surface area contributed by atoms with E-state index in [1.54, 1.807) is 39.2 Å². The number of sulfonamides is 1. The molecule has 0 unspecified atom stereocenters. The number of hydrogen-bond donors (Lipinski definition) is 0. The summed E-state index contributed by atoms with van der Waals surface area (Å²) >= 11 is 0. The lowest BCUT2D eigenvalue weighted by Crippen LogP contribution is -2.34. The normalized spacial score (nSPS) is 11.6. The highest BCUT2D eigenvalue weighted by Crippen LogP contribution is 2.33. The predicted octanol–water partition coefficient (Wildman–Crippen LogP) is 4.08. The van der Waals surface area contributed by atoms with E-state index in [1.807, 2.05) is 37.3 Å². The summed E-state index contributed by atoms with van der Waals surface area (Å²) in [4.78, 5) is 0.164. The molecule has 0 aliphatic heterocycles. The summed E-state index contributed by atoms with van der Waals surface area (Å²) in [5, 5.41) is 3.92. The third-order valence-electron chi connectivity index (χ3n) is 4.82. The van der Waals surface area contributed by atoms with Gasteiger partial charge in [0.05, 0.1) is 23.8 Å². The van der Waals surface area contributed by atoms with Crippen molar-refractivity contribution >= 4 is 15.9 Å². The van der Waals surface area contributed by atoms with Crippen LogP contribution in [-0.4, -0.2) is 40.6 Å². The smallest absolute Gasteiger partial charge is 0.269 e. The lowest BCUT2D eigenvalue weighted by atomic mass is 10.0. The highest BCUT2D eigenvalue weighted by atomic mass is 32.2. The monoisotopic (exact) mass is 430 g/mol. The van der Waals surface area contributed by atoms with Gasteiger partial charge < -0.3 is 14.0 Å². The van der Waals surface area contributed by atoms with Crippen LogP contribution in [0.1, 0.15) is 16.8 Å². The van der Waals surface area contributed by atoms with Crippen LogP contribution >= 0.6 is 0 Å². The van der Waals surface area contributed by atoms with Crippen molar-refractivity contribution in [3.05, 3.63) is 65.4 Å². The van der Waals surface area contributed by atoms with Crippen LogP contribution in [0.2, 0.25) is 0 Å². The molecule has 0 spiro atoms. The van der Waals surface area contributed by atoms with E-state index in [2.05, 4.69) is 5.16 Å². The van der Waals surface area contributed by atoms with Gasteiger partial charge >= 0.3 is 0 Å². The van der Waals surface area contributed by atoms with Crippen LogP contribution in [0.3, 0.4) is 0 Å². The van der Waals surface area contributed by atoms with Gasteiger partial charge in [-0.15, -0.1) is 0 Å². The number of anilines is 1. The molecule has 0 aliphatic rings. The van der Waals surface area contributed by atoms with E-state index in [0.29, 0.717) is 23.4 Å². The summed E-state index contributed by atoms with van der Waals surface area (Å²) in [7, 11) is -2.45. The van der Waals surface area contributed by atoms with Crippen molar-refractivity contribution in [3.63, 3.8) is 0 Å². The summed E-state index contributed by atoms with van der Waals surface area (Å²) < 4.78 is 44.5. The Balaban J connectivity index is 2.07. The largest absolute Gasteiger partial charge is 0.382 e. The summed E-state index contributed by atoms with van der Waals surface area (Å²) in [5.74, 6) is 0.142. The Labute approximate surface area is 177 Å². The Hall–Kier alpha value is -2.68. The number of aryl methyl sites for hydroxylation is 2. The first kappa shape index (κ1) is 22.0. The van der Waals surface area contributed by atoms with E-state index in [9.17, 15) is 8.42 Å². The molecule has 0 saturated carbocycles. The minimum absolute atomic E-state index is 0.142. The molecule has 1 aromatic heterocycles. The average molecular weight is 431 g/mol. The van der Waals surface area contributed by atoms with Crippen molar-refractivity contribution in [3.8, 4) is 11.1 Å². The van der Waals surface area contributed by atoms with Crippen LogP contribution in [0.4, 0.5) is 5.88 Å². The van der Waals surface area contributed by atoms with Crippen LogP contribution in [0.5, 0.6) is 0 Å². The van der Waals surface area contributed by atoms with E-state index in [-0.39, 0.29) is 24.1 Å². The second kappa shape index (κ2) is 9.42. The predicted molar refractivity (Wildman–Crippen MR) is 115 cm³/mol. The van der Waals surface area contributed by atoms with Gasteiger partial charge in [0.15, 0.2) is 0 Å². The topological polar surface area (TPSA) is 81.9 Å². The SMILES string of the molecule is COCCOCN(c1onc(C)c1C)S(=O)(=O)c1ccccc1-c1ccc(C)cc1. The zero-order valence-corrected chi connectivity index (χ0v) is 18.4. The van der Waals surface area contributed by atoms with Gasteiger partial charge in [-0.2, -0.15) is 0 Å². The number of ether oxygens (including phenoxy) is 2. The van der Waals surface area contributed by atoms with E-state index in [4.69, 9.17) is 14.0 Å². The first-order valence-electron chi connectivity index (χ1n) is 9.54. The Bertz CT molecular complexity index is 1090. The second-order valence-corrected chi connectivity index (χ2v) is 8.77. The van der Waals surface area contributed by atoms with Crippen molar-refractivity contribution in [2.75, 3.05) is 31.4 Å². The van der Waals surface area contributed by atoms with Crippen LogP contribution in [-0.2, 0) is 19.5 Å². The zero-order chi connectivity index (χ0) is 21.7. The summed E-state index contributed by atoms with van der Waals surface area (Å²) in [5.41, 5.74) is 3.77. The number of methoxy groups -OCH3 is 1. The highest BCUT2D eigenvalue weighted by Gasteiger charge is 2.32. The molecule has 8 heteroatoms. The molecule has 1 heterocycles. The second-order valence-electron chi connectivity index (χ2n) is 6.94. The Morgan fingerprint density at radius 3 is 2.33 bits per heavy atom. The molecule has 0 atom stereocenters. The van der Waals surface area contributed by atoms with E-state index < -0.39 is 10.0 Å². The van der Waals surface area contributed by atoms with E-state index >= 15 is 0 Å². The lowest BCUT2D eigenvalue weighted by molar-refractivity contribution is 0.0744. The van der Waals surface area contributed by atoms with Crippen molar-refractivity contribution < 1.29 is 22.4 Å². The first-order valence-corrected chi connectivity index (χ1v) is 11.0. The number of nitrogens with zero attached hydrogens (tertiary/aromatic N) is 2. The molecule has 0 fully saturated rings. The van der Waals surface area contributed by atoms with Crippen LogP contribution in [0.15, 0.2) is 57.9 Å². The molecule has 0 amide bonds. The summed E-state index contributed by atoms with van der Waals surface area (Å²) in [6, 6.07) is 14.6. The fourth-order valence-corrected chi connectivity index (χ4v) is 4.50. The van der Waals surface area contributed by atoms with Gasteiger partial charge in [-0.25, -0.2) is 12.7 Å². The number of rotatable bonds is 9. The summed E-state index contributed by atoms with van der Waals surface area (Å²) in [6.07, 6.45) is 0. The maximum Gasteiger partial charge on any atom is 0.269 e. The fourth-order valence-electron chi connectivity index (χ4n) is 2.94. The van der Waals surface area contributed by atoms with Crippen molar-refractivity contribution in [1.82, 2.24) is 5.16 Å². The standard InChI is InChI=1S/C22H26N2O5S/c1-16-9-11-19(12-10-16)20-7-5-6-8-21(20)30(25,26)24(15-28-14-13-27-4)22-17(2)18(3)23-29-22/h5-12H,13-15H2,1-4H3. The Kier molecular flexibility index (Phi) is 6.91. The lowest BCUT2D eigenvalue weighted by Gasteiger charge is -2.23. The maximum absolute atomic E-state index is 13.7. The molecule has 2 aromatic carbocycles. The van der Waals surface area contributed by atoms with Crippen molar-refractivity contribution in [2.24, 2.45) is 0 Å². The zero-order valence-electron chi connectivity index (χ0n) is 17.6. The van der Waals surface area contributed by atoms with Gasteiger partial charge in [-0.05, 0) is 32.4 Å². The molecule has 0 N–H and O–H groups in total. The van der Waals surface area contributed by atoms with Crippen LogP contribution in [0, 0.1) is 20.8 Å². The number of benzene rings is 2. The fraction of sp³-hybridized carbons (Fsp3) is 0.318. The quantitative estimate of drug-likeness (QED) is 0.376. The van der Waals surface area contributed by atoms with Crippen LogP contribution in [0.25, 0.3) is 11.1 Å².